The van der Waals surface area contributed by atoms with E-state index in [1.54, 1.807) is 16.7 Å². The van der Waals surface area contributed by atoms with E-state index in [2.05, 4.69) is 69.2 Å². The Morgan fingerprint density at radius 1 is 0.778 bits per heavy atom. The van der Waals surface area contributed by atoms with Crippen LogP contribution in [0.4, 0.5) is 0 Å². The van der Waals surface area contributed by atoms with Crippen LogP contribution in [0.5, 0.6) is 0 Å². The number of hydrogen-bond acceptors (Lipinski definition) is 0. The lowest BCUT2D eigenvalue weighted by molar-refractivity contribution is 0.648. The third-order valence-electron chi connectivity index (χ3n) is 4.21. The van der Waals surface area contributed by atoms with E-state index in [4.69, 9.17) is 0 Å². The second-order valence-corrected chi connectivity index (χ2v) is 5.96. The SMILES string of the molecule is CC/C(C)=C(\C)C(C)C.CCC(C)C(C)=C(C)C. The van der Waals surface area contributed by atoms with Gasteiger partial charge in [0, 0.05) is 0 Å². The lowest BCUT2D eigenvalue weighted by Gasteiger charge is -2.10. The maximum Gasteiger partial charge on any atom is -0.0235 e. The van der Waals surface area contributed by atoms with Crippen molar-refractivity contribution in [3.8, 4) is 0 Å². The Morgan fingerprint density at radius 2 is 1.22 bits per heavy atom. The lowest BCUT2D eigenvalue weighted by Crippen LogP contribution is -1.94. The molecule has 0 spiro atoms. The van der Waals surface area contributed by atoms with Gasteiger partial charge in [0.2, 0.25) is 0 Å². The minimum absolute atomic E-state index is 0.727. The predicted molar refractivity (Wildman–Crippen MR) is 87.0 cm³/mol. The van der Waals surface area contributed by atoms with Crippen LogP contribution in [0.15, 0.2) is 22.3 Å². The average molecular weight is 252 g/mol. The zero-order chi connectivity index (χ0) is 14.9. The Kier molecular flexibility index (Phi) is 11.5. The molecule has 0 aromatic heterocycles. The average Bonchev–Trinajstić information content (AvgIpc) is 2.35. The summed E-state index contributed by atoms with van der Waals surface area (Å²) >= 11 is 0. The molecule has 0 saturated carbocycles. The molecule has 0 aromatic carbocycles. The molecular formula is C18H36. The van der Waals surface area contributed by atoms with Crippen molar-refractivity contribution in [3.63, 3.8) is 0 Å². The van der Waals surface area contributed by atoms with Crippen LogP contribution in [0.1, 0.15) is 82.1 Å². The quantitative estimate of drug-likeness (QED) is 0.484. The normalized spacial score (nSPS) is 13.5. The Bertz CT molecular complexity index is 272. The summed E-state index contributed by atoms with van der Waals surface area (Å²) in [6.45, 7) is 22.2. The Balaban J connectivity index is 0. The first-order valence-electron chi connectivity index (χ1n) is 7.49. The van der Waals surface area contributed by atoms with E-state index in [1.807, 2.05) is 0 Å². The van der Waals surface area contributed by atoms with E-state index in [0.717, 1.165) is 11.8 Å². The topological polar surface area (TPSA) is 0 Å². The molecule has 1 unspecified atom stereocenters. The van der Waals surface area contributed by atoms with Crippen molar-refractivity contribution in [1.29, 1.82) is 0 Å². The summed E-state index contributed by atoms with van der Waals surface area (Å²) in [5.41, 5.74) is 6.13. The summed E-state index contributed by atoms with van der Waals surface area (Å²) in [4.78, 5) is 0. The van der Waals surface area contributed by atoms with Crippen molar-refractivity contribution < 1.29 is 0 Å². The van der Waals surface area contributed by atoms with Crippen LogP contribution in [0, 0.1) is 11.8 Å². The molecular weight excluding hydrogens is 216 g/mol. The van der Waals surface area contributed by atoms with Crippen LogP contribution in [-0.2, 0) is 0 Å². The molecule has 108 valence electrons. The lowest BCUT2D eigenvalue weighted by atomic mass is 9.97. The van der Waals surface area contributed by atoms with Gasteiger partial charge in [-0.3, -0.25) is 0 Å². The standard InChI is InChI=1S/2C9H18/c2*1-6-8(4)9(5)7(2)3/h8H,6H2,1-5H3;7H,6H2,1-5H3/b;9-8+. The summed E-state index contributed by atoms with van der Waals surface area (Å²) in [6, 6.07) is 0. The maximum absolute atomic E-state index is 2.28. The van der Waals surface area contributed by atoms with Crippen LogP contribution >= 0.6 is 0 Å². The van der Waals surface area contributed by atoms with Crippen LogP contribution < -0.4 is 0 Å². The minimum Gasteiger partial charge on any atom is -0.0772 e. The highest BCUT2D eigenvalue weighted by atomic mass is 14.1. The van der Waals surface area contributed by atoms with Gasteiger partial charge in [-0.05, 0) is 59.3 Å². The van der Waals surface area contributed by atoms with Crippen molar-refractivity contribution >= 4 is 0 Å². The van der Waals surface area contributed by atoms with Gasteiger partial charge in [-0.2, -0.15) is 0 Å². The van der Waals surface area contributed by atoms with E-state index in [9.17, 15) is 0 Å². The van der Waals surface area contributed by atoms with Crippen LogP contribution in [0.25, 0.3) is 0 Å². The Morgan fingerprint density at radius 3 is 1.33 bits per heavy atom. The minimum atomic E-state index is 0.727. The molecule has 0 rings (SSSR count). The van der Waals surface area contributed by atoms with E-state index in [-0.39, 0.29) is 0 Å². The van der Waals surface area contributed by atoms with Crippen LogP contribution in [0.2, 0.25) is 0 Å². The van der Waals surface area contributed by atoms with E-state index < -0.39 is 0 Å². The van der Waals surface area contributed by atoms with Crippen molar-refractivity contribution in [1.82, 2.24) is 0 Å². The van der Waals surface area contributed by atoms with Gasteiger partial charge in [-0.15, -0.1) is 0 Å². The van der Waals surface area contributed by atoms with E-state index >= 15 is 0 Å². The molecule has 0 heteroatoms. The third kappa shape index (κ3) is 8.55. The van der Waals surface area contributed by atoms with E-state index in [0.29, 0.717) is 0 Å². The molecule has 18 heavy (non-hydrogen) atoms. The number of rotatable bonds is 4. The zero-order valence-corrected chi connectivity index (χ0v) is 14.6. The molecule has 0 aliphatic carbocycles. The molecule has 0 N–H and O–H groups in total. The van der Waals surface area contributed by atoms with Gasteiger partial charge in [-0.1, -0.05) is 56.9 Å². The van der Waals surface area contributed by atoms with Crippen molar-refractivity contribution in [2.75, 3.05) is 0 Å². The summed E-state index contributed by atoms with van der Waals surface area (Å²) < 4.78 is 0. The summed E-state index contributed by atoms with van der Waals surface area (Å²) in [6.07, 6.45) is 2.46. The second-order valence-electron chi connectivity index (χ2n) is 5.96. The first-order valence-corrected chi connectivity index (χ1v) is 7.49. The van der Waals surface area contributed by atoms with Crippen molar-refractivity contribution in [2.45, 2.75) is 82.1 Å². The van der Waals surface area contributed by atoms with Gasteiger partial charge in [-0.25, -0.2) is 0 Å². The maximum atomic E-state index is 2.28. The highest BCUT2D eigenvalue weighted by Gasteiger charge is 2.00. The summed E-state index contributed by atoms with van der Waals surface area (Å²) in [7, 11) is 0. The predicted octanol–water partition coefficient (Wildman–Crippen LogP) is 6.78. The highest BCUT2D eigenvalue weighted by molar-refractivity contribution is 5.10. The Labute approximate surface area is 117 Å². The fourth-order valence-electron chi connectivity index (χ4n) is 1.57. The van der Waals surface area contributed by atoms with Gasteiger partial charge in [0.15, 0.2) is 0 Å². The van der Waals surface area contributed by atoms with E-state index in [1.165, 1.54) is 18.4 Å². The van der Waals surface area contributed by atoms with Gasteiger partial charge in [0.1, 0.15) is 0 Å². The van der Waals surface area contributed by atoms with Crippen LogP contribution in [-0.4, -0.2) is 0 Å². The molecule has 0 saturated heterocycles. The van der Waals surface area contributed by atoms with Crippen LogP contribution in [0.3, 0.4) is 0 Å². The van der Waals surface area contributed by atoms with Gasteiger partial charge >= 0.3 is 0 Å². The number of hydrogen-bond donors (Lipinski definition) is 0. The monoisotopic (exact) mass is 252 g/mol. The van der Waals surface area contributed by atoms with Crippen molar-refractivity contribution in [3.05, 3.63) is 22.3 Å². The molecule has 0 fully saturated rings. The first kappa shape index (κ1) is 19.8. The largest absolute Gasteiger partial charge is 0.0772 e. The molecule has 0 aliphatic heterocycles. The highest BCUT2D eigenvalue weighted by Crippen LogP contribution is 2.16. The third-order valence-corrected chi connectivity index (χ3v) is 4.21. The number of allylic oxidation sites excluding steroid dienone is 4. The molecule has 0 aromatic rings. The second kappa shape index (κ2) is 10.4. The van der Waals surface area contributed by atoms with Gasteiger partial charge < -0.3 is 0 Å². The molecule has 0 amide bonds. The summed E-state index contributed by atoms with van der Waals surface area (Å²) in [5.74, 6) is 1.50. The van der Waals surface area contributed by atoms with Gasteiger partial charge in [0.25, 0.3) is 0 Å². The molecule has 0 bridgehead atoms. The fourth-order valence-corrected chi connectivity index (χ4v) is 1.57. The molecule has 0 aliphatic rings. The van der Waals surface area contributed by atoms with Gasteiger partial charge in [0.05, 0.1) is 0 Å². The molecule has 0 heterocycles. The molecule has 1 atom stereocenters. The molecule has 0 radical (unpaired) electrons. The summed E-state index contributed by atoms with van der Waals surface area (Å²) in [5, 5.41) is 0. The smallest absolute Gasteiger partial charge is 0.0235 e. The fraction of sp³-hybridized carbons (Fsp3) is 0.778. The first-order chi connectivity index (χ1) is 8.18. The Hall–Kier alpha value is -0.520. The zero-order valence-electron chi connectivity index (χ0n) is 14.6. The van der Waals surface area contributed by atoms with Crippen molar-refractivity contribution in [2.24, 2.45) is 11.8 Å². The molecule has 0 nitrogen and oxygen atoms in total.